The Morgan fingerprint density at radius 3 is 2.95 bits per heavy atom. The highest BCUT2D eigenvalue weighted by Crippen LogP contribution is 2.22. The molecule has 0 aliphatic heterocycles. The summed E-state index contributed by atoms with van der Waals surface area (Å²) in [5, 5.41) is 1.05. The molecule has 3 aromatic rings. The lowest BCUT2D eigenvalue weighted by atomic mass is 9.97. The summed E-state index contributed by atoms with van der Waals surface area (Å²) in [6.07, 6.45) is 5.73. The molecule has 1 aromatic carbocycles. The smallest absolute Gasteiger partial charge is 0.254 e. The minimum Gasteiger partial charge on any atom is -0.306 e. The first kappa shape index (κ1) is 12.3. The van der Waals surface area contributed by atoms with Crippen LogP contribution in [0.1, 0.15) is 24.1 Å². The first-order valence-corrected chi connectivity index (χ1v) is 7.28. The van der Waals surface area contributed by atoms with Crippen molar-refractivity contribution in [3.05, 3.63) is 58.1 Å². The number of H-pyrrole nitrogens is 1. The Labute approximate surface area is 121 Å². The van der Waals surface area contributed by atoms with E-state index in [4.69, 9.17) is 0 Å². The Kier molecular flexibility index (Phi) is 2.81. The van der Waals surface area contributed by atoms with Crippen LogP contribution >= 0.6 is 0 Å². The number of benzene rings is 1. The molecule has 0 saturated heterocycles. The van der Waals surface area contributed by atoms with Crippen molar-refractivity contribution < 1.29 is 0 Å². The van der Waals surface area contributed by atoms with Crippen LogP contribution in [0.2, 0.25) is 0 Å². The molecule has 4 rings (SSSR count). The molecule has 4 nitrogen and oxygen atoms in total. The van der Waals surface area contributed by atoms with Crippen LogP contribution in [0, 0.1) is 0 Å². The zero-order valence-electron chi connectivity index (χ0n) is 11.6. The van der Waals surface area contributed by atoms with E-state index < -0.39 is 0 Å². The second-order valence-electron chi connectivity index (χ2n) is 5.46. The van der Waals surface area contributed by atoms with E-state index in [2.05, 4.69) is 15.0 Å². The average molecular weight is 277 g/mol. The lowest BCUT2D eigenvalue weighted by Gasteiger charge is -2.14. The van der Waals surface area contributed by atoms with Gasteiger partial charge in [-0.2, -0.15) is 0 Å². The predicted octanol–water partition coefficient (Wildman–Crippen LogP) is 2.86. The minimum absolute atomic E-state index is 0.0148. The fraction of sp³-hybridized carbons (Fsp3) is 0.235. The van der Waals surface area contributed by atoms with Gasteiger partial charge in [-0.1, -0.05) is 6.07 Å². The Morgan fingerprint density at radius 1 is 1.10 bits per heavy atom. The molecule has 0 unspecified atom stereocenters. The Hall–Kier alpha value is -2.49. The molecule has 21 heavy (non-hydrogen) atoms. The molecule has 0 spiro atoms. The average Bonchev–Trinajstić information content (AvgIpc) is 2.54. The van der Waals surface area contributed by atoms with E-state index >= 15 is 0 Å². The summed E-state index contributed by atoms with van der Waals surface area (Å²) in [6.45, 7) is 0. The molecule has 2 aromatic heterocycles. The second-order valence-corrected chi connectivity index (χ2v) is 5.46. The third kappa shape index (κ3) is 2.13. The van der Waals surface area contributed by atoms with Crippen molar-refractivity contribution in [3.8, 4) is 11.4 Å². The number of aryl methyl sites for hydroxylation is 1. The molecule has 1 aliphatic carbocycles. The van der Waals surface area contributed by atoms with Crippen LogP contribution in [0.4, 0.5) is 0 Å². The van der Waals surface area contributed by atoms with Crippen molar-refractivity contribution in [3.63, 3.8) is 0 Å². The molecule has 0 radical (unpaired) electrons. The maximum atomic E-state index is 12.2. The molecule has 0 fully saturated rings. The Morgan fingerprint density at radius 2 is 2.00 bits per heavy atom. The molecule has 1 aliphatic rings. The van der Waals surface area contributed by atoms with E-state index in [0.717, 1.165) is 53.4 Å². The second kappa shape index (κ2) is 4.81. The van der Waals surface area contributed by atoms with Gasteiger partial charge in [-0.3, -0.25) is 9.78 Å². The summed E-state index contributed by atoms with van der Waals surface area (Å²) < 4.78 is 0. The van der Waals surface area contributed by atoms with E-state index in [1.165, 1.54) is 0 Å². The van der Waals surface area contributed by atoms with Crippen LogP contribution in [0.5, 0.6) is 0 Å². The number of pyridine rings is 1. The van der Waals surface area contributed by atoms with E-state index in [1.54, 1.807) is 6.20 Å². The van der Waals surface area contributed by atoms with Gasteiger partial charge >= 0.3 is 0 Å². The predicted molar refractivity (Wildman–Crippen MR) is 82.2 cm³/mol. The first-order valence-electron chi connectivity index (χ1n) is 7.28. The molecule has 104 valence electrons. The number of aromatic nitrogens is 3. The van der Waals surface area contributed by atoms with E-state index in [0.29, 0.717) is 5.82 Å². The Balaban J connectivity index is 1.88. The molecule has 0 amide bonds. The van der Waals surface area contributed by atoms with Crippen molar-refractivity contribution >= 4 is 10.9 Å². The third-order valence-corrected chi connectivity index (χ3v) is 4.07. The van der Waals surface area contributed by atoms with Crippen LogP contribution in [0.25, 0.3) is 22.3 Å². The molecular formula is C17H15N3O. The number of fused-ring (bicyclic) bond motifs is 2. The van der Waals surface area contributed by atoms with Crippen LogP contribution in [-0.4, -0.2) is 15.0 Å². The molecule has 0 saturated carbocycles. The van der Waals surface area contributed by atoms with Gasteiger partial charge in [0.25, 0.3) is 5.56 Å². The third-order valence-electron chi connectivity index (χ3n) is 4.07. The number of nitrogens with one attached hydrogen (secondary N) is 1. The van der Waals surface area contributed by atoms with Gasteiger partial charge in [0, 0.05) is 22.7 Å². The van der Waals surface area contributed by atoms with Gasteiger partial charge in [-0.15, -0.1) is 0 Å². The van der Waals surface area contributed by atoms with Crippen molar-refractivity contribution in [1.29, 1.82) is 0 Å². The van der Waals surface area contributed by atoms with Crippen LogP contribution < -0.4 is 5.56 Å². The Bertz CT molecular complexity index is 883. The molecule has 1 N–H and O–H groups in total. The summed E-state index contributed by atoms with van der Waals surface area (Å²) in [4.78, 5) is 24.1. The zero-order valence-corrected chi connectivity index (χ0v) is 11.6. The van der Waals surface area contributed by atoms with Gasteiger partial charge in [0.2, 0.25) is 0 Å². The maximum Gasteiger partial charge on any atom is 0.254 e. The van der Waals surface area contributed by atoms with Crippen LogP contribution in [0.3, 0.4) is 0 Å². The van der Waals surface area contributed by atoms with Crippen LogP contribution in [-0.2, 0) is 12.8 Å². The van der Waals surface area contributed by atoms with E-state index in [1.807, 2.05) is 30.3 Å². The minimum atomic E-state index is 0.0148. The number of aromatic amines is 1. The lowest BCUT2D eigenvalue weighted by molar-refractivity contribution is 0.657. The fourth-order valence-electron chi connectivity index (χ4n) is 2.96. The largest absolute Gasteiger partial charge is 0.306 e. The fourth-order valence-corrected chi connectivity index (χ4v) is 2.96. The zero-order chi connectivity index (χ0) is 14.2. The summed E-state index contributed by atoms with van der Waals surface area (Å²) >= 11 is 0. The van der Waals surface area contributed by atoms with Crippen molar-refractivity contribution in [2.24, 2.45) is 0 Å². The molecular weight excluding hydrogens is 262 g/mol. The number of hydrogen-bond acceptors (Lipinski definition) is 3. The maximum absolute atomic E-state index is 12.2. The van der Waals surface area contributed by atoms with Gasteiger partial charge in [0.1, 0.15) is 5.82 Å². The quantitative estimate of drug-likeness (QED) is 0.744. The first-order chi connectivity index (χ1) is 10.3. The number of hydrogen-bond donors (Lipinski definition) is 1. The molecule has 0 atom stereocenters. The molecule has 0 bridgehead atoms. The molecule has 4 heteroatoms. The summed E-state index contributed by atoms with van der Waals surface area (Å²) in [5.74, 6) is 0.659. The lowest BCUT2D eigenvalue weighted by Crippen LogP contribution is -2.21. The normalized spacial score (nSPS) is 14.1. The number of nitrogens with zero attached hydrogens (tertiary/aromatic N) is 2. The SMILES string of the molecule is O=c1[nH]c(-c2ccc3ncccc3c2)nc2c1CCCC2. The summed E-state index contributed by atoms with van der Waals surface area (Å²) in [6, 6.07) is 9.88. The topological polar surface area (TPSA) is 58.6 Å². The standard InChI is InChI=1S/C17H15N3O/c21-17-13-5-1-2-6-15(13)19-16(20-17)12-7-8-14-11(10-12)4-3-9-18-14/h3-4,7-10H,1-2,5-6H2,(H,19,20,21). The van der Waals surface area contributed by atoms with Crippen molar-refractivity contribution in [2.45, 2.75) is 25.7 Å². The monoisotopic (exact) mass is 277 g/mol. The highest BCUT2D eigenvalue weighted by atomic mass is 16.1. The van der Waals surface area contributed by atoms with Gasteiger partial charge in [-0.25, -0.2) is 4.98 Å². The highest BCUT2D eigenvalue weighted by molar-refractivity contribution is 5.83. The van der Waals surface area contributed by atoms with Crippen molar-refractivity contribution in [2.75, 3.05) is 0 Å². The molecule has 2 heterocycles. The summed E-state index contributed by atoms with van der Waals surface area (Å²) in [5.41, 5.74) is 3.72. The van der Waals surface area contributed by atoms with Crippen molar-refractivity contribution in [1.82, 2.24) is 15.0 Å². The van der Waals surface area contributed by atoms with E-state index in [9.17, 15) is 4.79 Å². The summed E-state index contributed by atoms with van der Waals surface area (Å²) in [7, 11) is 0. The number of rotatable bonds is 1. The van der Waals surface area contributed by atoms with Gasteiger partial charge in [0.05, 0.1) is 11.2 Å². The van der Waals surface area contributed by atoms with E-state index in [-0.39, 0.29) is 5.56 Å². The highest BCUT2D eigenvalue weighted by Gasteiger charge is 2.16. The van der Waals surface area contributed by atoms with Gasteiger partial charge < -0.3 is 4.98 Å². The van der Waals surface area contributed by atoms with Gasteiger partial charge in [0.15, 0.2) is 0 Å². The van der Waals surface area contributed by atoms with Crippen LogP contribution in [0.15, 0.2) is 41.3 Å². The van der Waals surface area contributed by atoms with Gasteiger partial charge in [-0.05, 0) is 49.9 Å².